The fourth-order valence-electron chi connectivity index (χ4n) is 2.37. The molecule has 20 heavy (non-hydrogen) atoms. The van der Waals surface area contributed by atoms with Gasteiger partial charge in [0.15, 0.2) is 0 Å². The van der Waals surface area contributed by atoms with Crippen molar-refractivity contribution in [2.45, 2.75) is 26.8 Å². The Hall–Kier alpha value is -1.31. The van der Waals surface area contributed by atoms with E-state index in [9.17, 15) is 0 Å². The predicted molar refractivity (Wildman–Crippen MR) is 88.2 cm³/mol. The highest BCUT2D eigenvalue weighted by molar-refractivity contribution is 6.31. The fraction of sp³-hybridized carbons (Fsp3) is 0.333. The molecule has 0 saturated carbocycles. The molecular formula is C18H22ClN. The zero-order valence-electron chi connectivity index (χ0n) is 12.4. The Balaban J connectivity index is 2.21. The second kappa shape index (κ2) is 6.92. The van der Waals surface area contributed by atoms with Crippen molar-refractivity contribution < 1.29 is 0 Å². The molecule has 2 rings (SSSR count). The first-order valence-corrected chi connectivity index (χ1v) is 7.50. The number of hydrogen-bond acceptors (Lipinski definition) is 1. The Morgan fingerprint density at radius 3 is 2.20 bits per heavy atom. The lowest BCUT2D eigenvalue weighted by atomic mass is 9.98. The van der Waals surface area contributed by atoms with Crippen LogP contribution in [0.15, 0.2) is 42.5 Å². The van der Waals surface area contributed by atoms with E-state index < -0.39 is 0 Å². The summed E-state index contributed by atoms with van der Waals surface area (Å²) in [6.45, 7) is 5.29. The molecule has 0 spiro atoms. The lowest BCUT2D eigenvalue weighted by Crippen LogP contribution is -2.05. The summed E-state index contributed by atoms with van der Waals surface area (Å²) in [6, 6.07) is 15.1. The largest absolute Gasteiger partial charge is 0.316 e. The molecule has 0 saturated heterocycles. The Bertz CT molecular complexity index is 558. The maximum absolute atomic E-state index is 6.32. The van der Waals surface area contributed by atoms with Gasteiger partial charge < -0.3 is 5.32 Å². The van der Waals surface area contributed by atoms with E-state index in [1.165, 1.54) is 16.7 Å². The smallest absolute Gasteiger partial charge is 0.0457 e. The Labute approximate surface area is 127 Å². The van der Waals surface area contributed by atoms with Crippen LogP contribution >= 0.6 is 11.6 Å². The van der Waals surface area contributed by atoms with E-state index in [0.29, 0.717) is 5.92 Å². The van der Waals surface area contributed by atoms with E-state index in [1.54, 1.807) is 0 Å². The highest BCUT2D eigenvalue weighted by Gasteiger charge is 2.04. The second-order valence-electron chi connectivity index (χ2n) is 5.63. The Morgan fingerprint density at radius 2 is 1.65 bits per heavy atom. The van der Waals surface area contributed by atoms with Gasteiger partial charge in [-0.3, -0.25) is 0 Å². The molecule has 0 aromatic heterocycles. The average molecular weight is 288 g/mol. The normalized spacial score (nSPS) is 11.1. The quantitative estimate of drug-likeness (QED) is 0.822. The summed E-state index contributed by atoms with van der Waals surface area (Å²) in [7, 11) is 1.93. The monoisotopic (exact) mass is 287 g/mol. The van der Waals surface area contributed by atoms with Crippen LogP contribution in [0.2, 0.25) is 5.02 Å². The molecule has 1 N–H and O–H groups in total. The molecule has 106 valence electrons. The van der Waals surface area contributed by atoms with Gasteiger partial charge in [-0.25, -0.2) is 0 Å². The first-order valence-electron chi connectivity index (χ1n) is 7.12. The standard InChI is InChI=1S/C18H22ClN/c1-13(2)10-14-4-6-15(7-5-14)16-8-9-17(12-20-3)18(19)11-16/h4-9,11,13,20H,10,12H2,1-3H3. The van der Waals surface area contributed by atoms with E-state index in [0.717, 1.165) is 23.6 Å². The summed E-state index contributed by atoms with van der Waals surface area (Å²) in [5.74, 6) is 0.691. The summed E-state index contributed by atoms with van der Waals surface area (Å²) in [5, 5.41) is 3.95. The number of halogens is 1. The van der Waals surface area contributed by atoms with E-state index in [1.807, 2.05) is 13.1 Å². The van der Waals surface area contributed by atoms with Gasteiger partial charge in [0.25, 0.3) is 0 Å². The topological polar surface area (TPSA) is 12.0 Å². The van der Waals surface area contributed by atoms with Crippen LogP contribution in [0.1, 0.15) is 25.0 Å². The Morgan fingerprint density at radius 1 is 1.00 bits per heavy atom. The molecule has 0 unspecified atom stereocenters. The third-order valence-corrected chi connectivity index (χ3v) is 3.70. The average Bonchev–Trinajstić information content (AvgIpc) is 2.41. The van der Waals surface area contributed by atoms with Crippen LogP contribution in [-0.4, -0.2) is 7.05 Å². The third-order valence-electron chi connectivity index (χ3n) is 3.35. The van der Waals surface area contributed by atoms with E-state index in [-0.39, 0.29) is 0 Å². The number of nitrogens with one attached hydrogen (secondary N) is 1. The SMILES string of the molecule is CNCc1ccc(-c2ccc(CC(C)C)cc2)cc1Cl. The van der Waals surface area contributed by atoms with Crippen LogP contribution in [0.25, 0.3) is 11.1 Å². The highest BCUT2D eigenvalue weighted by atomic mass is 35.5. The number of hydrogen-bond donors (Lipinski definition) is 1. The maximum atomic E-state index is 6.32. The first-order chi connectivity index (χ1) is 9.60. The van der Waals surface area contributed by atoms with Gasteiger partial charge in [-0.2, -0.15) is 0 Å². The van der Waals surface area contributed by atoms with Crippen molar-refractivity contribution in [3.63, 3.8) is 0 Å². The third kappa shape index (κ3) is 3.84. The molecular weight excluding hydrogens is 266 g/mol. The van der Waals surface area contributed by atoms with Crippen LogP contribution in [0.5, 0.6) is 0 Å². The molecule has 0 heterocycles. The van der Waals surface area contributed by atoms with Gasteiger partial charge in [-0.15, -0.1) is 0 Å². The lowest BCUT2D eigenvalue weighted by Gasteiger charge is -2.09. The fourth-order valence-corrected chi connectivity index (χ4v) is 2.61. The molecule has 0 radical (unpaired) electrons. The predicted octanol–water partition coefficient (Wildman–Crippen LogP) is 4.92. The van der Waals surface area contributed by atoms with E-state index in [4.69, 9.17) is 11.6 Å². The molecule has 2 heteroatoms. The first kappa shape index (κ1) is 15.1. The number of benzene rings is 2. The molecule has 0 aliphatic heterocycles. The molecule has 0 amide bonds. The molecule has 0 aliphatic rings. The van der Waals surface area contributed by atoms with Crippen molar-refractivity contribution in [2.75, 3.05) is 7.05 Å². The molecule has 0 bridgehead atoms. The van der Waals surface area contributed by atoms with Crippen molar-refractivity contribution >= 4 is 11.6 Å². The van der Waals surface area contributed by atoms with Crippen molar-refractivity contribution in [2.24, 2.45) is 5.92 Å². The Kier molecular flexibility index (Phi) is 5.22. The minimum atomic E-state index is 0.691. The number of rotatable bonds is 5. The van der Waals surface area contributed by atoms with Crippen LogP contribution in [-0.2, 0) is 13.0 Å². The summed E-state index contributed by atoms with van der Waals surface area (Å²) in [6.07, 6.45) is 1.13. The molecule has 0 fully saturated rings. The van der Waals surface area contributed by atoms with Gasteiger partial charge >= 0.3 is 0 Å². The van der Waals surface area contributed by atoms with Crippen LogP contribution < -0.4 is 5.32 Å². The van der Waals surface area contributed by atoms with Gasteiger partial charge in [-0.1, -0.05) is 61.8 Å². The van der Waals surface area contributed by atoms with Crippen molar-refractivity contribution in [3.8, 4) is 11.1 Å². The molecule has 0 aliphatic carbocycles. The van der Waals surface area contributed by atoms with Gasteiger partial charge in [0, 0.05) is 11.6 Å². The summed E-state index contributed by atoms with van der Waals surface area (Å²) < 4.78 is 0. The minimum Gasteiger partial charge on any atom is -0.316 e. The van der Waals surface area contributed by atoms with Crippen molar-refractivity contribution in [1.29, 1.82) is 0 Å². The summed E-state index contributed by atoms with van der Waals surface area (Å²) in [4.78, 5) is 0. The molecule has 2 aromatic rings. The van der Waals surface area contributed by atoms with Gasteiger partial charge in [-0.05, 0) is 47.7 Å². The lowest BCUT2D eigenvalue weighted by molar-refractivity contribution is 0.647. The maximum Gasteiger partial charge on any atom is 0.0457 e. The van der Waals surface area contributed by atoms with Crippen molar-refractivity contribution in [3.05, 3.63) is 58.6 Å². The zero-order valence-corrected chi connectivity index (χ0v) is 13.2. The van der Waals surface area contributed by atoms with Gasteiger partial charge in [0.1, 0.15) is 0 Å². The van der Waals surface area contributed by atoms with Gasteiger partial charge in [0.05, 0.1) is 0 Å². The van der Waals surface area contributed by atoms with Gasteiger partial charge in [0.2, 0.25) is 0 Å². The van der Waals surface area contributed by atoms with E-state index >= 15 is 0 Å². The zero-order chi connectivity index (χ0) is 14.5. The summed E-state index contributed by atoms with van der Waals surface area (Å²) >= 11 is 6.32. The molecule has 2 aromatic carbocycles. The van der Waals surface area contributed by atoms with Crippen LogP contribution in [0.3, 0.4) is 0 Å². The van der Waals surface area contributed by atoms with E-state index in [2.05, 4.69) is 55.6 Å². The second-order valence-corrected chi connectivity index (χ2v) is 6.04. The molecule has 0 atom stereocenters. The molecule has 1 nitrogen and oxygen atoms in total. The van der Waals surface area contributed by atoms with Crippen molar-refractivity contribution in [1.82, 2.24) is 5.32 Å². The highest BCUT2D eigenvalue weighted by Crippen LogP contribution is 2.26. The van der Waals surface area contributed by atoms with Crippen LogP contribution in [0, 0.1) is 5.92 Å². The minimum absolute atomic E-state index is 0.691. The summed E-state index contributed by atoms with van der Waals surface area (Å²) in [5.41, 5.74) is 4.91. The van der Waals surface area contributed by atoms with Crippen LogP contribution in [0.4, 0.5) is 0 Å².